The molecule has 1 aliphatic carbocycles. The molecule has 1 aromatic heterocycles. The molecule has 1 aromatic carbocycles. The van der Waals surface area contributed by atoms with Gasteiger partial charge in [-0.1, -0.05) is 29.8 Å². The Kier molecular flexibility index (Phi) is 3.70. The van der Waals surface area contributed by atoms with Gasteiger partial charge in [-0.15, -0.1) is 0 Å². The van der Waals surface area contributed by atoms with Gasteiger partial charge < -0.3 is 5.32 Å². The second-order valence-electron chi connectivity index (χ2n) is 5.10. The highest BCUT2D eigenvalue weighted by atomic mass is 35.5. The lowest BCUT2D eigenvalue weighted by Gasteiger charge is -2.07. The van der Waals surface area contributed by atoms with Gasteiger partial charge in [0, 0.05) is 35.1 Å². The number of nitrogens with zero attached hydrogens (tertiary/aromatic N) is 1. The van der Waals surface area contributed by atoms with E-state index in [1.165, 1.54) is 12.8 Å². The molecular formula is C16H15ClN2O. The van der Waals surface area contributed by atoms with Crippen LogP contribution in [-0.2, 0) is 0 Å². The maximum absolute atomic E-state index is 12.1. The first-order valence-electron chi connectivity index (χ1n) is 6.72. The number of hydrogen-bond donors (Lipinski definition) is 1. The Morgan fingerprint density at radius 3 is 2.85 bits per heavy atom. The van der Waals surface area contributed by atoms with E-state index in [4.69, 9.17) is 11.6 Å². The second-order valence-corrected chi connectivity index (χ2v) is 5.50. The molecule has 1 aliphatic rings. The lowest BCUT2D eigenvalue weighted by atomic mass is 10.1. The third-order valence-electron chi connectivity index (χ3n) is 3.43. The van der Waals surface area contributed by atoms with Crippen molar-refractivity contribution in [1.82, 2.24) is 10.3 Å². The SMILES string of the molecule is O=C(NCC1CC1)c1cncc(-c2ccccc2Cl)c1. The van der Waals surface area contributed by atoms with E-state index >= 15 is 0 Å². The molecular weight excluding hydrogens is 272 g/mol. The molecule has 1 saturated carbocycles. The Hall–Kier alpha value is -1.87. The number of amides is 1. The largest absolute Gasteiger partial charge is 0.352 e. The van der Waals surface area contributed by atoms with Gasteiger partial charge in [-0.3, -0.25) is 9.78 Å². The summed E-state index contributed by atoms with van der Waals surface area (Å²) >= 11 is 6.17. The summed E-state index contributed by atoms with van der Waals surface area (Å²) in [5.74, 6) is 0.594. The molecule has 1 heterocycles. The number of pyridine rings is 1. The molecule has 4 heteroatoms. The molecule has 102 valence electrons. The molecule has 1 N–H and O–H groups in total. The monoisotopic (exact) mass is 286 g/mol. The molecule has 0 aliphatic heterocycles. The summed E-state index contributed by atoms with van der Waals surface area (Å²) in [7, 11) is 0. The minimum absolute atomic E-state index is 0.0710. The summed E-state index contributed by atoms with van der Waals surface area (Å²) in [6, 6.07) is 9.38. The lowest BCUT2D eigenvalue weighted by molar-refractivity contribution is 0.0951. The smallest absolute Gasteiger partial charge is 0.252 e. The summed E-state index contributed by atoms with van der Waals surface area (Å²) < 4.78 is 0. The quantitative estimate of drug-likeness (QED) is 0.934. The number of halogens is 1. The average molecular weight is 287 g/mol. The van der Waals surface area contributed by atoms with E-state index in [-0.39, 0.29) is 5.91 Å². The van der Waals surface area contributed by atoms with Crippen molar-refractivity contribution >= 4 is 17.5 Å². The van der Waals surface area contributed by atoms with E-state index < -0.39 is 0 Å². The fraction of sp³-hybridized carbons (Fsp3) is 0.250. The van der Waals surface area contributed by atoms with Crippen LogP contribution < -0.4 is 5.32 Å². The number of carbonyl (C=O) groups excluding carboxylic acids is 1. The van der Waals surface area contributed by atoms with Gasteiger partial charge in [-0.05, 0) is 30.9 Å². The molecule has 1 amide bonds. The number of rotatable bonds is 4. The van der Waals surface area contributed by atoms with E-state index in [2.05, 4.69) is 10.3 Å². The van der Waals surface area contributed by atoms with Crippen molar-refractivity contribution in [2.75, 3.05) is 6.54 Å². The number of hydrogen-bond acceptors (Lipinski definition) is 2. The van der Waals surface area contributed by atoms with Crippen molar-refractivity contribution in [3.8, 4) is 11.1 Å². The summed E-state index contributed by atoms with van der Waals surface area (Å²) in [5.41, 5.74) is 2.32. The third kappa shape index (κ3) is 2.99. The molecule has 20 heavy (non-hydrogen) atoms. The molecule has 0 spiro atoms. The van der Waals surface area contributed by atoms with Gasteiger partial charge in [-0.25, -0.2) is 0 Å². The predicted molar refractivity (Wildman–Crippen MR) is 79.7 cm³/mol. The molecule has 0 saturated heterocycles. The van der Waals surface area contributed by atoms with E-state index in [9.17, 15) is 4.79 Å². The van der Waals surface area contributed by atoms with Gasteiger partial charge in [0.1, 0.15) is 0 Å². The molecule has 3 rings (SSSR count). The van der Waals surface area contributed by atoms with E-state index in [1.807, 2.05) is 30.3 Å². The third-order valence-corrected chi connectivity index (χ3v) is 3.76. The van der Waals surface area contributed by atoms with E-state index in [0.717, 1.165) is 17.7 Å². The van der Waals surface area contributed by atoms with Crippen LogP contribution in [0.1, 0.15) is 23.2 Å². The normalized spacial score (nSPS) is 14.1. The van der Waals surface area contributed by atoms with Gasteiger partial charge in [0.2, 0.25) is 0 Å². The summed E-state index contributed by atoms with van der Waals surface area (Å²) in [5, 5.41) is 3.60. The van der Waals surface area contributed by atoms with Crippen LogP contribution >= 0.6 is 11.6 Å². The zero-order chi connectivity index (χ0) is 13.9. The topological polar surface area (TPSA) is 42.0 Å². The minimum atomic E-state index is -0.0710. The fourth-order valence-corrected chi connectivity index (χ4v) is 2.31. The van der Waals surface area contributed by atoms with Gasteiger partial charge in [0.15, 0.2) is 0 Å². The Morgan fingerprint density at radius 2 is 2.10 bits per heavy atom. The zero-order valence-corrected chi connectivity index (χ0v) is 11.7. The van der Waals surface area contributed by atoms with Crippen molar-refractivity contribution in [2.24, 2.45) is 5.92 Å². The first-order chi connectivity index (χ1) is 9.74. The highest BCUT2D eigenvalue weighted by molar-refractivity contribution is 6.33. The Morgan fingerprint density at radius 1 is 1.30 bits per heavy atom. The van der Waals surface area contributed by atoms with Crippen LogP contribution in [0.2, 0.25) is 5.02 Å². The van der Waals surface area contributed by atoms with Gasteiger partial charge in [0.25, 0.3) is 5.91 Å². The summed E-state index contributed by atoms with van der Waals surface area (Å²) in [4.78, 5) is 16.2. The summed E-state index contributed by atoms with van der Waals surface area (Å²) in [6.07, 6.45) is 5.75. The van der Waals surface area contributed by atoms with E-state index in [1.54, 1.807) is 12.4 Å². The van der Waals surface area contributed by atoms with Crippen molar-refractivity contribution < 1.29 is 4.79 Å². The zero-order valence-electron chi connectivity index (χ0n) is 11.0. The highest BCUT2D eigenvalue weighted by Crippen LogP contribution is 2.28. The van der Waals surface area contributed by atoms with Crippen LogP contribution in [0.3, 0.4) is 0 Å². The Balaban J connectivity index is 1.81. The molecule has 0 unspecified atom stereocenters. The van der Waals surface area contributed by atoms with Crippen molar-refractivity contribution in [2.45, 2.75) is 12.8 Å². The molecule has 0 bridgehead atoms. The van der Waals surface area contributed by atoms with Gasteiger partial charge in [0.05, 0.1) is 5.56 Å². The number of nitrogens with one attached hydrogen (secondary N) is 1. The van der Waals surface area contributed by atoms with Crippen molar-refractivity contribution in [3.63, 3.8) is 0 Å². The maximum Gasteiger partial charge on any atom is 0.252 e. The second kappa shape index (κ2) is 5.63. The van der Waals surface area contributed by atoms with Gasteiger partial charge in [-0.2, -0.15) is 0 Å². The fourth-order valence-electron chi connectivity index (χ4n) is 2.07. The van der Waals surface area contributed by atoms with Crippen LogP contribution in [-0.4, -0.2) is 17.4 Å². The molecule has 0 radical (unpaired) electrons. The lowest BCUT2D eigenvalue weighted by Crippen LogP contribution is -2.25. The average Bonchev–Trinajstić information content (AvgIpc) is 3.29. The number of benzene rings is 1. The predicted octanol–water partition coefficient (Wildman–Crippen LogP) is 3.54. The maximum atomic E-state index is 12.1. The van der Waals surface area contributed by atoms with Crippen molar-refractivity contribution in [1.29, 1.82) is 0 Å². The van der Waals surface area contributed by atoms with Crippen LogP contribution in [0.15, 0.2) is 42.7 Å². The standard InChI is InChI=1S/C16H15ClN2O/c17-15-4-2-1-3-14(15)12-7-13(10-18-9-12)16(20)19-8-11-5-6-11/h1-4,7,9-11H,5-6,8H2,(H,19,20). The molecule has 2 aromatic rings. The number of carbonyl (C=O) groups is 1. The number of aromatic nitrogens is 1. The first-order valence-corrected chi connectivity index (χ1v) is 7.10. The summed E-state index contributed by atoms with van der Waals surface area (Å²) in [6.45, 7) is 0.759. The van der Waals surface area contributed by atoms with Crippen LogP contribution in [0, 0.1) is 5.92 Å². The minimum Gasteiger partial charge on any atom is -0.352 e. The molecule has 1 fully saturated rings. The molecule has 0 atom stereocenters. The van der Waals surface area contributed by atoms with Crippen LogP contribution in [0.5, 0.6) is 0 Å². The van der Waals surface area contributed by atoms with E-state index in [0.29, 0.717) is 16.5 Å². The Bertz CT molecular complexity index is 638. The van der Waals surface area contributed by atoms with Gasteiger partial charge >= 0.3 is 0 Å². The highest BCUT2D eigenvalue weighted by Gasteiger charge is 2.22. The first kappa shape index (κ1) is 13.1. The molecule has 3 nitrogen and oxygen atoms in total. The van der Waals surface area contributed by atoms with Crippen LogP contribution in [0.4, 0.5) is 0 Å². The van der Waals surface area contributed by atoms with Crippen LogP contribution in [0.25, 0.3) is 11.1 Å². The van der Waals surface area contributed by atoms with Crippen molar-refractivity contribution in [3.05, 3.63) is 53.3 Å². The Labute approximate surface area is 123 Å².